The molecule has 69 heavy (non-hydrogen) atoms. The van der Waals surface area contributed by atoms with Crippen LogP contribution >= 0.6 is 0 Å². The Kier molecular flexibility index (Phi) is 24.1. The van der Waals surface area contributed by atoms with Gasteiger partial charge in [-0.2, -0.15) is 10.5 Å². The molecule has 6 heterocycles. The molecule has 0 atom stereocenters. The van der Waals surface area contributed by atoms with Gasteiger partial charge in [-0.15, -0.1) is 0 Å². The van der Waals surface area contributed by atoms with Crippen LogP contribution in [0, 0.1) is 45.9 Å². The van der Waals surface area contributed by atoms with Crippen LogP contribution in [0.15, 0.2) is 171 Å². The summed E-state index contributed by atoms with van der Waals surface area (Å²) in [5.41, 5.74) is 0.295. The molecule has 0 aliphatic carbocycles. The van der Waals surface area contributed by atoms with Crippen LogP contribution in [0.5, 0.6) is 0 Å². The number of carbonyl (C=O) groups excluding carboxylic acids is 4. The number of hydrogen-bond donors (Lipinski definition) is 0. The minimum atomic E-state index is -1.24. The Morgan fingerprint density at radius 2 is 0.594 bits per heavy atom. The summed E-state index contributed by atoms with van der Waals surface area (Å²) in [6.07, 6.45) is 8.69. The number of rotatable bonds is 6. The third kappa shape index (κ3) is 19.3. The van der Waals surface area contributed by atoms with E-state index < -0.39 is 58.3 Å². The van der Waals surface area contributed by atoms with Gasteiger partial charge in [-0.3, -0.25) is 29.9 Å². The molecule has 2 aromatic carbocycles. The summed E-state index contributed by atoms with van der Waals surface area (Å²) in [6.45, 7) is 0. The van der Waals surface area contributed by atoms with Gasteiger partial charge in [0.2, 0.25) is 0 Å². The Bertz CT molecular complexity index is 2630. The summed E-state index contributed by atoms with van der Waals surface area (Å²) in [6, 6.07) is 36.0. The molecule has 0 saturated carbocycles. The molecule has 8 aromatic rings. The number of aromatic carboxylic acids is 4. The topological polar surface area (TPSA) is 285 Å². The van der Waals surface area contributed by atoms with E-state index in [4.69, 9.17) is 10.5 Å². The van der Waals surface area contributed by atoms with Crippen molar-refractivity contribution < 1.29 is 77.3 Å². The van der Waals surface area contributed by atoms with Crippen molar-refractivity contribution in [2.24, 2.45) is 0 Å². The minimum absolute atomic E-state index is 0. The minimum Gasteiger partial charge on any atom is -0.543 e. The van der Waals surface area contributed by atoms with Gasteiger partial charge in [0.25, 0.3) is 0 Å². The summed E-state index contributed by atoms with van der Waals surface area (Å²) < 4.78 is 53.2. The number of hydrogen-bond acceptors (Lipinski definition) is 16. The van der Waals surface area contributed by atoms with Gasteiger partial charge in [-0.05, 0) is 97.1 Å². The van der Waals surface area contributed by atoms with Crippen molar-refractivity contribution in [3.8, 4) is 34.7 Å². The van der Waals surface area contributed by atoms with Crippen molar-refractivity contribution in [3.63, 3.8) is 0 Å². The number of nitrogens with zero attached hydrogens (tertiary/aromatic N) is 8. The van der Waals surface area contributed by atoms with Crippen LogP contribution in [0.1, 0.15) is 53.1 Å². The molecule has 0 amide bonds. The largest absolute Gasteiger partial charge is 4.00 e. The third-order valence-electron chi connectivity index (χ3n) is 7.73. The second-order valence-electron chi connectivity index (χ2n) is 12.3. The molecule has 345 valence electrons. The van der Waals surface area contributed by atoms with E-state index in [1.807, 2.05) is 0 Å². The zero-order valence-electron chi connectivity index (χ0n) is 34.9. The molecule has 0 spiro atoms. The quantitative estimate of drug-likeness (QED) is 0.215. The fraction of sp³-hybridized carbons (Fsp3) is 0. The second kappa shape index (κ2) is 29.9. The number of carbonyl (C=O) groups is 4. The average Bonchev–Trinajstić information content (AvgIpc) is 3.36. The average molecular weight is 1110 g/mol. The molecular formula is C48H28F4IrN8O8. The Labute approximate surface area is 402 Å². The molecule has 0 saturated heterocycles. The fourth-order valence-corrected chi connectivity index (χ4v) is 4.66. The molecule has 6 aromatic heterocycles. The van der Waals surface area contributed by atoms with E-state index in [-0.39, 0.29) is 42.9 Å². The van der Waals surface area contributed by atoms with Crippen molar-refractivity contribution in [1.82, 2.24) is 29.9 Å². The maximum Gasteiger partial charge on any atom is 4.00 e. The fourth-order valence-electron chi connectivity index (χ4n) is 4.66. The van der Waals surface area contributed by atoms with Gasteiger partial charge in [0.05, 0.1) is 58.0 Å². The summed E-state index contributed by atoms with van der Waals surface area (Å²) in [4.78, 5) is 62.1. The van der Waals surface area contributed by atoms with E-state index in [9.17, 15) is 57.2 Å². The maximum atomic E-state index is 13.3. The first kappa shape index (κ1) is 55.7. The summed E-state index contributed by atoms with van der Waals surface area (Å²) in [7, 11) is 0. The summed E-state index contributed by atoms with van der Waals surface area (Å²) in [5.74, 6) is -8.45. The molecule has 0 aliphatic rings. The van der Waals surface area contributed by atoms with Crippen molar-refractivity contribution >= 4 is 23.9 Å². The van der Waals surface area contributed by atoms with Crippen LogP contribution in [-0.4, -0.2) is 53.8 Å². The number of pyridine rings is 6. The standard InChI is InChI=1S/2C12H6F2N2.4C6H5NO2.Ir/c2*13-10-5-8(6-11(14)9(10)7-15)12-3-1-2-4-16-12;4*8-6(9)5-3-1-2-4-7-5;/h2*1-6H;4*1-4H,(H,8,9);/q;;;;;;+4/p-4. The second-order valence-corrected chi connectivity index (χ2v) is 12.3. The first-order chi connectivity index (χ1) is 32.7. The molecular weight excluding hydrogens is 1080 g/mol. The number of carboxylic acid groups (broad SMARTS) is 4. The van der Waals surface area contributed by atoms with E-state index in [1.54, 1.807) is 84.9 Å². The van der Waals surface area contributed by atoms with E-state index in [0.717, 1.165) is 24.3 Å². The number of aromatic nitrogens is 6. The number of carboxylic acids is 4. The Hall–Kier alpha value is -9.43. The van der Waals surface area contributed by atoms with Crippen molar-refractivity contribution in [2.75, 3.05) is 0 Å². The van der Waals surface area contributed by atoms with Crippen LogP contribution in [0.2, 0.25) is 0 Å². The van der Waals surface area contributed by atoms with Gasteiger partial charge < -0.3 is 39.6 Å². The molecule has 16 nitrogen and oxygen atoms in total. The van der Waals surface area contributed by atoms with Gasteiger partial charge in [0, 0.05) is 48.3 Å². The molecule has 0 N–H and O–H groups in total. The molecule has 21 heteroatoms. The van der Waals surface area contributed by atoms with Gasteiger partial charge in [0.15, 0.2) is 0 Å². The SMILES string of the molecule is N#Cc1c(F)cc(-c2ccccn2)cc1F.N#Cc1c(F)cc(-c2ccccn2)cc1F.O=C([O-])c1ccccn1.O=C([O-])c1ccccn1.O=C([O-])c1ccccn1.O=C([O-])c1ccccn1.[Ir+4]. The predicted molar refractivity (Wildman–Crippen MR) is 223 cm³/mol. The summed E-state index contributed by atoms with van der Waals surface area (Å²) in [5, 5.41) is 57.1. The van der Waals surface area contributed by atoms with E-state index in [0.29, 0.717) is 22.5 Å². The molecule has 0 unspecified atom stereocenters. The molecule has 0 fully saturated rings. The maximum absolute atomic E-state index is 13.3. The van der Waals surface area contributed by atoms with Crippen molar-refractivity contribution in [2.45, 2.75) is 0 Å². The first-order valence-electron chi connectivity index (χ1n) is 18.8. The van der Waals surface area contributed by atoms with E-state index >= 15 is 0 Å². The summed E-state index contributed by atoms with van der Waals surface area (Å²) >= 11 is 0. The van der Waals surface area contributed by atoms with Gasteiger partial charge in [-0.1, -0.05) is 36.4 Å². The van der Waals surface area contributed by atoms with Crippen molar-refractivity contribution in [3.05, 3.63) is 228 Å². The van der Waals surface area contributed by atoms with Gasteiger partial charge in [0.1, 0.15) is 46.5 Å². The zero-order chi connectivity index (χ0) is 49.8. The molecule has 8 rings (SSSR count). The number of nitriles is 2. The van der Waals surface area contributed by atoms with Crippen LogP contribution < -0.4 is 20.4 Å². The monoisotopic (exact) mass is 1110 g/mol. The molecule has 1 radical (unpaired) electrons. The Morgan fingerprint density at radius 3 is 0.739 bits per heavy atom. The molecule has 0 aliphatic heterocycles. The van der Waals surface area contributed by atoms with Crippen molar-refractivity contribution in [1.29, 1.82) is 10.5 Å². The van der Waals surface area contributed by atoms with Crippen LogP contribution in [0.25, 0.3) is 22.5 Å². The Morgan fingerprint density at radius 1 is 0.377 bits per heavy atom. The number of benzene rings is 2. The van der Waals surface area contributed by atoms with Crippen LogP contribution in [0.3, 0.4) is 0 Å². The molecule has 0 bridgehead atoms. The number of halogens is 4. The van der Waals surface area contributed by atoms with E-state index in [1.165, 1.54) is 73.6 Å². The zero-order valence-corrected chi connectivity index (χ0v) is 37.2. The predicted octanol–water partition coefficient (Wildman–Crippen LogP) is 3.57. The smallest absolute Gasteiger partial charge is 0.543 e. The van der Waals surface area contributed by atoms with Crippen LogP contribution in [-0.2, 0) is 20.1 Å². The van der Waals surface area contributed by atoms with Gasteiger partial charge in [-0.25, -0.2) is 17.6 Å². The van der Waals surface area contributed by atoms with Crippen LogP contribution in [0.4, 0.5) is 17.6 Å². The first-order valence-corrected chi connectivity index (χ1v) is 18.8. The van der Waals surface area contributed by atoms with Gasteiger partial charge >= 0.3 is 20.1 Å². The Balaban J connectivity index is 0.000000290. The normalized spacial score (nSPS) is 9.19. The third-order valence-corrected chi connectivity index (χ3v) is 7.73. The van der Waals surface area contributed by atoms with E-state index in [2.05, 4.69) is 29.9 Å².